The summed E-state index contributed by atoms with van der Waals surface area (Å²) in [6.45, 7) is 1.84. The molecular weight excluding hydrogens is 407 g/mol. The fourth-order valence-corrected chi connectivity index (χ4v) is 2.65. The lowest BCUT2D eigenvalue weighted by Crippen LogP contribution is -2.36. The van der Waals surface area contributed by atoms with Gasteiger partial charge in [0.2, 0.25) is 0 Å². The number of hydrogen-bond donors (Lipinski definition) is 4. The molecule has 4 N–H and O–H groups in total. The molecule has 1 amide bonds. The Hall–Kier alpha value is -2.07. The van der Waals surface area contributed by atoms with Crippen LogP contribution in [0.4, 0.5) is 13.2 Å². The van der Waals surface area contributed by atoms with Gasteiger partial charge in [-0.1, -0.05) is 15.9 Å². The van der Waals surface area contributed by atoms with Crippen molar-refractivity contribution in [2.75, 3.05) is 13.1 Å². The van der Waals surface area contributed by atoms with Gasteiger partial charge in [0.1, 0.15) is 5.69 Å². The third kappa shape index (κ3) is 5.46. The van der Waals surface area contributed by atoms with Gasteiger partial charge in [-0.2, -0.15) is 13.2 Å². The van der Waals surface area contributed by atoms with Gasteiger partial charge in [-0.15, -0.1) is 0 Å². The number of hydrogen-bond acceptors (Lipinski definition) is 3. The van der Waals surface area contributed by atoms with Crippen molar-refractivity contribution in [2.45, 2.75) is 18.6 Å². The van der Waals surface area contributed by atoms with Gasteiger partial charge >= 0.3 is 12.1 Å². The van der Waals surface area contributed by atoms with Crippen molar-refractivity contribution in [1.29, 1.82) is 0 Å². The minimum absolute atomic E-state index is 0.0315. The summed E-state index contributed by atoms with van der Waals surface area (Å²) in [4.78, 5) is 24.1. The maximum absolute atomic E-state index is 12.1. The van der Waals surface area contributed by atoms with E-state index in [2.05, 4.69) is 31.5 Å². The first-order valence-corrected chi connectivity index (χ1v) is 8.06. The molecule has 0 radical (unpaired) electrons. The van der Waals surface area contributed by atoms with Crippen LogP contribution in [0.2, 0.25) is 0 Å². The number of aromatic amines is 1. The molecule has 0 bridgehead atoms. The standard InChI is InChI=1S/C13H14BrN3O.C2HF3O2/c14-9-1-2-11-8(5-9)6-12(17-11)13(18)16-10-3-4-15-7-10;3-2(4,5)1(6)7/h1-2,5-6,10,15,17H,3-4,7H2,(H,16,18);(H,6,7)/t10-;/m0./s1. The van der Waals surface area contributed by atoms with Gasteiger partial charge in [0.25, 0.3) is 5.91 Å². The van der Waals surface area contributed by atoms with Crippen LogP contribution in [-0.2, 0) is 4.79 Å². The van der Waals surface area contributed by atoms with Crippen molar-refractivity contribution >= 4 is 38.7 Å². The number of aliphatic carboxylic acids is 1. The van der Waals surface area contributed by atoms with E-state index in [1.807, 2.05) is 24.3 Å². The van der Waals surface area contributed by atoms with Crippen LogP contribution in [0.3, 0.4) is 0 Å². The van der Waals surface area contributed by atoms with E-state index in [1.165, 1.54) is 0 Å². The number of aromatic nitrogens is 1. The first kappa shape index (κ1) is 19.3. The van der Waals surface area contributed by atoms with Crippen LogP contribution in [0, 0.1) is 0 Å². The average molecular weight is 422 g/mol. The number of carboxylic acid groups (broad SMARTS) is 1. The number of alkyl halides is 3. The van der Waals surface area contributed by atoms with Crippen LogP contribution in [0.25, 0.3) is 10.9 Å². The summed E-state index contributed by atoms with van der Waals surface area (Å²) in [7, 11) is 0. The molecule has 136 valence electrons. The van der Waals surface area contributed by atoms with Gasteiger partial charge in [-0.3, -0.25) is 4.79 Å². The molecule has 3 rings (SSSR count). The molecule has 1 aliphatic rings. The molecule has 1 atom stereocenters. The van der Waals surface area contributed by atoms with Crippen LogP contribution in [0.1, 0.15) is 16.9 Å². The molecule has 1 aromatic heterocycles. The molecule has 1 fully saturated rings. The van der Waals surface area contributed by atoms with Gasteiger partial charge in [0.15, 0.2) is 0 Å². The summed E-state index contributed by atoms with van der Waals surface area (Å²) in [6, 6.07) is 8.06. The highest BCUT2D eigenvalue weighted by atomic mass is 79.9. The van der Waals surface area contributed by atoms with Gasteiger partial charge in [0, 0.05) is 28.0 Å². The lowest BCUT2D eigenvalue weighted by atomic mass is 10.2. The number of fused-ring (bicyclic) bond motifs is 1. The molecule has 2 heterocycles. The lowest BCUT2D eigenvalue weighted by molar-refractivity contribution is -0.192. The van der Waals surface area contributed by atoms with Crippen molar-refractivity contribution in [3.63, 3.8) is 0 Å². The van der Waals surface area contributed by atoms with Gasteiger partial charge in [0.05, 0.1) is 0 Å². The molecule has 25 heavy (non-hydrogen) atoms. The maximum atomic E-state index is 12.1. The quantitative estimate of drug-likeness (QED) is 0.599. The van der Waals surface area contributed by atoms with Gasteiger partial charge in [-0.05, 0) is 37.2 Å². The largest absolute Gasteiger partial charge is 0.490 e. The number of halogens is 4. The second-order valence-corrected chi connectivity index (χ2v) is 6.30. The Kier molecular flexibility index (Phi) is 6.07. The molecule has 0 aliphatic carbocycles. The Bertz CT molecular complexity index is 770. The highest BCUT2D eigenvalue weighted by Gasteiger charge is 2.38. The Morgan fingerprint density at radius 1 is 1.28 bits per heavy atom. The Morgan fingerprint density at radius 2 is 1.96 bits per heavy atom. The fraction of sp³-hybridized carbons (Fsp3) is 0.333. The number of nitrogens with one attached hydrogen (secondary N) is 3. The van der Waals surface area contributed by atoms with Crippen molar-refractivity contribution in [1.82, 2.24) is 15.6 Å². The first-order valence-electron chi connectivity index (χ1n) is 7.27. The summed E-state index contributed by atoms with van der Waals surface area (Å²) >= 11 is 3.43. The molecule has 1 aliphatic heterocycles. The third-order valence-corrected chi connectivity index (χ3v) is 3.96. The second kappa shape index (κ2) is 7.87. The minimum Gasteiger partial charge on any atom is -0.475 e. The minimum atomic E-state index is -5.08. The zero-order valence-electron chi connectivity index (χ0n) is 12.8. The van der Waals surface area contributed by atoms with E-state index in [9.17, 15) is 18.0 Å². The van der Waals surface area contributed by atoms with Crippen LogP contribution in [0.5, 0.6) is 0 Å². The van der Waals surface area contributed by atoms with Crippen LogP contribution in [-0.4, -0.2) is 47.3 Å². The van der Waals surface area contributed by atoms with Crippen molar-refractivity contribution in [2.24, 2.45) is 0 Å². The van der Waals surface area contributed by atoms with Gasteiger partial charge < -0.3 is 20.7 Å². The monoisotopic (exact) mass is 421 g/mol. The normalized spacial score (nSPS) is 17.0. The van der Waals surface area contributed by atoms with E-state index in [0.29, 0.717) is 5.69 Å². The zero-order chi connectivity index (χ0) is 18.6. The van der Waals surface area contributed by atoms with E-state index in [0.717, 1.165) is 34.9 Å². The second-order valence-electron chi connectivity index (χ2n) is 5.38. The summed E-state index contributed by atoms with van der Waals surface area (Å²) in [5, 5.41) is 14.4. The summed E-state index contributed by atoms with van der Waals surface area (Å²) in [5.74, 6) is -2.79. The predicted octanol–water partition coefficient (Wildman–Crippen LogP) is 2.66. The Balaban J connectivity index is 0.000000277. The number of rotatable bonds is 2. The third-order valence-electron chi connectivity index (χ3n) is 3.47. The molecule has 10 heteroatoms. The highest BCUT2D eigenvalue weighted by molar-refractivity contribution is 9.10. The smallest absolute Gasteiger partial charge is 0.475 e. The maximum Gasteiger partial charge on any atom is 0.490 e. The molecular formula is C15H15BrF3N3O3. The van der Waals surface area contributed by atoms with Crippen molar-refractivity contribution in [3.05, 3.63) is 34.4 Å². The number of carbonyl (C=O) groups is 2. The Labute approximate surface area is 148 Å². The summed E-state index contributed by atoms with van der Waals surface area (Å²) in [6.07, 6.45) is -4.09. The summed E-state index contributed by atoms with van der Waals surface area (Å²) < 4.78 is 32.8. The highest BCUT2D eigenvalue weighted by Crippen LogP contribution is 2.20. The average Bonchev–Trinajstić information content (AvgIpc) is 3.15. The molecule has 1 aromatic carbocycles. The van der Waals surface area contributed by atoms with E-state index in [1.54, 1.807) is 0 Å². The SMILES string of the molecule is O=C(N[C@H]1CCNC1)c1cc2cc(Br)ccc2[nH]1.O=C(O)C(F)(F)F. The molecule has 0 saturated carbocycles. The van der Waals surface area contributed by atoms with Crippen molar-refractivity contribution in [3.8, 4) is 0 Å². The van der Waals surface area contributed by atoms with Crippen molar-refractivity contribution < 1.29 is 27.9 Å². The molecule has 1 saturated heterocycles. The molecule has 2 aromatic rings. The fourth-order valence-electron chi connectivity index (χ4n) is 2.27. The topological polar surface area (TPSA) is 94.2 Å². The van der Waals surface area contributed by atoms with Crippen LogP contribution >= 0.6 is 15.9 Å². The number of amides is 1. The molecule has 0 unspecified atom stereocenters. The van der Waals surface area contributed by atoms with E-state index in [4.69, 9.17) is 9.90 Å². The van der Waals surface area contributed by atoms with Gasteiger partial charge in [-0.25, -0.2) is 4.79 Å². The lowest BCUT2D eigenvalue weighted by Gasteiger charge is -2.09. The van der Waals surface area contributed by atoms with Crippen LogP contribution < -0.4 is 10.6 Å². The van der Waals surface area contributed by atoms with Crippen LogP contribution in [0.15, 0.2) is 28.7 Å². The van der Waals surface area contributed by atoms with E-state index in [-0.39, 0.29) is 11.9 Å². The van der Waals surface area contributed by atoms with E-state index >= 15 is 0 Å². The first-order chi connectivity index (χ1) is 11.7. The number of carbonyl (C=O) groups excluding carboxylic acids is 1. The Morgan fingerprint density at radius 3 is 2.52 bits per heavy atom. The van der Waals surface area contributed by atoms with E-state index < -0.39 is 12.1 Å². The number of H-pyrrole nitrogens is 1. The number of carboxylic acids is 1. The molecule has 6 nitrogen and oxygen atoms in total. The number of benzene rings is 1. The predicted molar refractivity (Wildman–Crippen MR) is 88.4 cm³/mol. The molecule has 0 spiro atoms. The zero-order valence-corrected chi connectivity index (χ0v) is 14.4. The summed E-state index contributed by atoms with van der Waals surface area (Å²) in [5.41, 5.74) is 1.60.